The van der Waals surface area contributed by atoms with Crippen LogP contribution in [0.5, 0.6) is 0 Å². The largest absolute Gasteiger partial charge is 0.396 e. The molecule has 5 heteroatoms. The highest BCUT2D eigenvalue weighted by molar-refractivity contribution is 7.98. The van der Waals surface area contributed by atoms with Crippen LogP contribution in [0.4, 0.5) is 10.5 Å². The maximum atomic E-state index is 11.8. The molecule has 0 spiro atoms. The number of anilines is 1. The molecule has 0 aliphatic heterocycles. The summed E-state index contributed by atoms with van der Waals surface area (Å²) in [6.07, 6.45) is 2.64. The Labute approximate surface area is 119 Å². The summed E-state index contributed by atoms with van der Waals surface area (Å²) in [5.74, 6) is 0. The third-order valence-corrected chi connectivity index (χ3v) is 3.67. The van der Waals surface area contributed by atoms with Gasteiger partial charge in [-0.3, -0.25) is 0 Å². The van der Waals surface area contributed by atoms with E-state index < -0.39 is 0 Å². The quantitative estimate of drug-likeness (QED) is 0.703. The highest BCUT2D eigenvalue weighted by Crippen LogP contribution is 2.24. The molecule has 1 aromatic carbocycles. The summed E-state index contributed by atoms with van der Waals surface area (Å²) in [4.78, 5) is 12.9. The summed E-state index contributed by atoms with van der Waals surface area (Å²) in [5, 5.41) is 14.6. The van der Waals surface area contributed by atoms with E-state index in [-0.39, 0.29) is 18.1 Å². The average Bonchev–Trinajstić information content (AvgIpc) is 2.37. The molecule has 0 saturated heterocycles. The summed E-state index contributed by atoms with van der Waals surface area (Å²) < 4.78 is 0. The summed E-state index contributed by atoms with van der Waals surface area (Å²) in [5.41, 5.74) is 0.706. The van der Waals surface area contributed by atoms with Gasteiger partial charge in [-0.1, -0.05) is 26.0 Å². The van der Waals surface area contributed by atoms with Crippen molar-refractivity contribution >= 4 is 23.5 Å². The summed E-state index contributed by atoms with van der Waals surface area (Å²) in [7, 11) is 0. The Morgan fingerprint density at radius 3 is 2.68 bits per heavy atom. The molecule has 1 rings (SSSR count). The minimum absolute atomic E-state index is 0.106. The third-order valence-electron chi connectivity index (χ3n) is 2.87. The number of nitrogens with one attached hydrogen (secondary N) is 2. The molecule has 0 aliphatic carbocycles. The Morgan fingerprint density at radius 1 is 1.37 bits per heavy atom. The van der Waals surface area contributed by atoms with Crippen LogP contribution in [0.1, 0.15) is 20.3 Å². The summed E-state index contributed by atoms with van der Waals surface area (Å²) >= 11 is 1.59. The number of rotatable bonds is 6. The van der Waals surface area contributed by atoms with Gasteiger partial charge < -0.3 is 15.7 Å². The third kappa shape index (κ3) is 5.53. The second-order valence-electron chi connectivity index (χ2n) is 5.15. The van der Waals surface area contributed by atoms with E-state index in [4.69, 9.17) is 5.11 Å². The maximum Gasteiger partial charge on any atom is 0.319 e. The second kappa shape index (κ2) is 7.40. The van der Waals surface area contributed by atoms with Crippen molar-refractivity contribution in [3.63, 3.8) is 0 Å². The standard InChI is InChI=1S/C14H22N2O2S/c1-14(2,8-9-17)10-15-13(18)16-11-6-4-5-7-12(11)19-3/h4-7,17H,8-10H2,1-3H3,(H2,15,16,18). The van der Waals surface area contributed by atoms with Gasteiger partial charge >= 0.3 is 6.03 Å². The Bertz CT molecular complexity index is 422. The van der Waals surface area contributed by atoms with Crippen molar-refractivity contribution in [2.75, 3.05) is 24.7 Å². The maximum absolute atomic E-state index is 11.8. The van der Waals surface area contributed by atoms with Crippen LogP contribution in [0.2, 0.25) is 0 Å². The molecule has 0 bridgehead atoms. The molecular formula is C14H22N2O2S. The van der Waals surface area contributed by atoms with E-state index in [9.17, 15) is 4.79 Å². The number of carbonyl (C=O) groups excluding carboxylic acids is 1. The SMILES string of the molecule is CSc1ccccc1NC(=O)NCC(C)(C)CCO. The van der Waals surface area contributed by atoms with E-state index in [0.29, 0.717) is 13.0 Å². The van der Waals surface area contributed by atoms with E-state index in [0.717, 1.165) is 10.6 Å². The zero-order valence-corrected chi connectivity index (χ0v) is 12.5. The van der Waals surface area contributed by atoms with Crippen LogP contribution in [0, 0.1) is 5.41 Å². The van der Waals surface area contributed by atoms with Crippen LogP contribution in [0.25, 0.3) is 0 Å². The number of para-hydroxylation sites is 1. The van der Waals surface area contributed by atoms with Crippen molar-refractivity contribution in [1.29, 1.82) is 0 Å². The van der Waals surface area contributed by atoms with Crippen molar-refractivity contribution in [2.24, 2.45) is 5.41 Å². The lowest BCUT2D eigenvalue weighted by molar-refractivity contribution is 0.204. The molecule has 0 unspecified atom stereocenters. The zero-order valence-electron chi connectivity index (χ0n) is 11.7. The number of amides is 2. The number of carbonyl (C=O) groups is 1. The van der Waals surface area contributed by atoms with Gasteiger partial charge in [0.05, 0.1) is 5.69 Å². The Kier molecular flexibility index (Phi) is 6.18. The molecule has 106 valence electrons. The number of urea groups is 1. The smallest absolute Gasteiger partial charge is 0.319 e. The highest BCUT2D eigenvalue weighted by atomic mass is 32.2. The normalized spacial score (nSPS) is 11.2. The topological polar surface area (TPSA) is 61.4 Å². The molecule has 0 aliphatic rings. The first-order chi connectivity index (χ1) is 8.98. The Hall–Kier alpha value is -1.20. The van der Waals surface area contributed by atoms with Gasteiger partial charge in [0.25, 0.3) is 0 Å². The molecular weight excluding hydrogens is 260 g/mol. The number of benzene rings is 1. The molecule has 3 N–H and O–H groups in total. The van der Waals surface area contributed by atoms with E-state index >= 15 is 0 Å². The van der Waals surface area contributed by atoms with Gasteiger partial charge in [0.2, 0.25) is 0 Å². The lowest BCUT2D eigenvalue weighted by Crippen LogP contribution is -2.37. The zero-order chi connectivity index (χ0) is 14.3. The molecule has 1 aromatic rings. The van der Waals surface area contributed by atoms with Gasteiger partial charge in [-0.25, -0.2) is 4.79 Å². The van der Waals surface area contributed by atoms with Crippen molar-refractivity contribution < 1.29 is 9.90 Å². The van der Waals surface area contributed by atoms with Crippen molar-refractivity contribution in [3.05, 3.63) is 24.3 Å². The number of hydrogen-bond donors (Lipinski definition) is 3. The van der Waals surface area contributed by atoms with Crippen LogP contribution in [-0.4, -0.2) is 30.5 Å². The van der Waals surface area contributed by atoms with E-state index in [2.05, 4.69) is 10.6 Å². The van der Waals surface area contributed by atoms with Crippen LogP contribution >= 0.6 is 11.8 Å². The number of aliphatic hydroxyl groups is 1. The van der Waals surface area contributed by atoms with E-state index in [1.165, 1.54) is 0 Å². The van der Waals surface area contributed by atoms with Crippen LogP contribution in [0.3, 0.4) is 0 Å². The minimum Gasteiger partial charge on any atom is -0.396 e. The minimum atomic E-state index is -0.215. The van der Waals surface area contributed by atoms with Gasteiger partial charge in [-0.05, 0) is 30.2 Å². The molecule has 0 fully saturated rings. The fourth-order valence-corrected chi connectivity index (χ4v) is 2.18. The van der Waals surface area contributed by atoms with Gasteiger partial charge in [-0.15, -0.1) is 11.8 Å². The monoisotopic (exact) mass is 282 g/mol. The highest BCUT2D eigenvalue weighted by Gasteiger charge is 2.18. The fourth-order valence-electron chi connectivity index (χ4n) is 1.63. The van der Waals surface area contributed by atoms with Crippen molar-refractivity contribution in [3.8, 4) is 0 Å². The van der Waals surface area contributed by atoms with Crippen molar-refractivity contribution in [1.82, 2.24) is 5.32 Å². The number of aliphatic hydroxyl groups excluding tert-OH is 1. The van der Waals surface area contributed by atoms with Crippen LogP contribution < -0.4 is 10.6 Å². The number of thioether (sulfide) groups is 1. The summed E-state index contributed by atoms with van der Waals surface area (Å²) in [6, 6.07) is 7.47. The first-order valence-electron chi connectivity index (χ1n) is 6.27. The van der Waals surface area contributed by atoms with Crippen LogP contribution in [-0.2, 0) is 0 Å². The molecule has 2 amide bonds. The second-order valence-corrected chi connectivity index (χ2v) is 5.99. The molecule has 4 nitrogen and oxygen atoms in total. The molecule has 0 aromatic heterocycles. The van der Waals surface area contributed by atoms with E-state index in [1.54, 1.807) is 11.8 Å². The predicted molar refractivity (Wildman–Crippen MR) is 80.7 cm³/mol. The average molecular weight is 282 g/mol. The van der Waals surface area contributed by atoms with Gasteiger partial charge in [0.1, 0.15) is 0 Å². The van der Waals surface area contributed by atoms with Gasteiger partial charge in [0.15, 0.2) is 0 Å². The fraction of sp³-hybridized carbons (Fsp3) is 0.500. The molecule has 0 atom stereocenters. The first kappa shape index (κ1) is 15.9. The lowest BCUT2D eigenvalue weighted by Gasteiger charge is -2.24. The Morgan fingerprint density at radius 2 is 2.05 bits per heavy atom. The molecule has 0 heterocycles. The summed E-state index contributed by atoms with van der Waals surface area (Å²) in [6.45, 7) is 4.69. The first-order valence-corrected chi connectivity index (χ1v) is 7.50. The van der Waals surface area contributed by atoms with Crippen molar-refractivity contribution in [2.45, 2.75) is 25.2 Å². The van der Waals surface area contributed by atoms with Crippen LogP contribution in [0.15, 0.2) is 29.2 Å². The predicted octanol–water partition coefficient (Wildman–Crippen LogP) is 2.94. The molecule has 19 heavy (non-hydrogen) atoms. The number of hydrogen-bond acceptors (Lipinski definition) is 3. The van der Waals surface area contributed by atoms with Gasteiger partial charge in [-0.2, -0.15) is 0 Å². The van der Waals surface area contributed by atoms with Gasteiger partial charge in [0, 0.05) is 18.0 Å². The molecule has 0 radical (unpaired) electrons. The Balaban J connectivity index is 2.52. The molecule has 0 saturated carbocycles. The lowest BCUT2D eigenvalue weighted by atomic mass is 9.90. The van der Waals surface area contributed by atoms with E-state index in [1.807, 2.05) is 44.4 Å².